The van der Waals surface area contributed by atoms with Crippen LogP contribution in [0.5, 0.6) is 0 Å². The molecule has 0 saturated heterocycles. The molecule has 1 N–H and O–H groups in total. The Labute approximate surface area is 82.6 Å². The van der Waals surface area contributed by atoms with Gasteiger partial charge in [0.25, 0.3) is 10.1 Å². The van der Waals surface area contributed by atoms with Crippen molar-refractivity contribution in [2.75, 3.05) is 0 Å². The third kappa shape index (κ3) is 6.10. The molecule has 1 aromatic carbocycles. The van der Waals surface area contributed by atoms with Crippen LogP contribution in [0.15, 0.2) is 35.7 Å². The summed E-state index contributed by atoms with van der Waals surface area (Å²) in [5, 5.41) is 0.752. The van der Waals surface area contributed by atoms with Crippen molar-refractivity contribution in [1.29, 1.82) is 0 Å². The first-order chi connectivity index (χ1) is 6.58. The molecule has 1 aromatic rings. The number of hydrogen-bond donors (Lipinski definition) is 1. The number of benzene rings is 1. The van der Waals surface area contributed by atoms with E-state index < -0.39 is 10.1 Å². The molecule has 1 rings (SSSR count). The van der Waals surface area contributed by atoms with Gasteiger partial charge in [0.1, 0.15) is 6.79 Å². The Morgan fingerprint density at radius 3 is 2.07 bits per heavy atom. The summed E-state index contributed by atoms with van der Waals surface area (Å²) in [6, 6.07) is 8.86. The molecule has 0 aliphatic heterocycles. The topological polar surface area (TPSA) is 71.4 Å². The van der Waals surface area contributed by atoms with Crippen LogP contribution in [-0.2, 0) is 14.9 Å². The maximum absolute atomic E-state index is 10.3. The molecule has 0 unspecified atom stereocenters. The Balaban J connectivity index is 0.000000791. The molecule has 0 amide bonds. The zero-order chi connectivity index (χ0) is 11.0. The highest BCUT2D eigenvalue weighted by Crippen LogP contribution is 2.01. The van der Waals surface area contributed by atoms with Crippen molar-refractivity contribution >= 4 is 23.0 Å². The van der Waals surface area contributed by atoms with Gasteiger partial charge in [0.15, 0.2) is 0 Å². The average Bonchev–Trinajstić information content (AvgIpc) is 2.19. The van der Waals surface area contributed by atoms with Gasteiger partial charge in [-0.15, -0.1) is 0 Å². The van der Waals surface area contributed by atoms with Gasteiger partial charge >= 0.3 is 0 Å². The molecule has 14 heavy (non-hydrogen) atoms. The van der Waals surface area contributed by atoms with Crippen LogP contribution in [0.25, 0.3) is 6.08 Å². The van der Waals surface area contributed by atoms with Gasteiger partial charge in [-0.2, -0.15) is 8.42 Å². The first kappa shape index (κ1) is 12.5. The number of carbonyl (C=O) groups is 1. The number of hydrogen-bond acceptors (Lipinski definition) is 3. The standard InChI is InChI=1S/C8H8O3S.CH2O/c9-12(10,11)7-6-8-4-2-1-3-5-8;1-2/h1-7H,(H,9,10,11);1H2. The lowest BCUT2D eigenvalue weighted by Crippen LogP contribution is -1.88. The van der Waals surface area contributed by atoms with Crippen molar-refractivity contribution in [3.63, 3.8) is 0 Å². The van der Waals surface area contributed by atoms with E-state index in [-0.39, 0.29) is 0 Å². The summed E-state index contributed by atoms with van der Waals surface area (Å²) < 4.78 is 28.9. The molecule has 0 aliphatic rings. The van der Waals surface area contributed by atoms with E-state index in [0.29, 0.717) is 0 Å². The zero-order valence-electron chi connectivity index (χ0n) is 7.33. The second kappa shape index (κ2) is 6.06. The second-order valence-corrected chi connectivity index (χ2v) is 3.53. The third-order valence-electron chi connectivity index (χ3n) is 1.23. The largest absolute Gasteiger partial charge is 0.307 e. The lowest BCUT2D eigenvalue weighted by molar-refractivity contribution is -0.0979. The van der Waals surface area contributed by atoms with Crippen LogP contribution in [0.3, 0.4) is 0 Å². The fourth-order valence-electron chi connectivity index (χ4n) is 0.729. The van der Waals surface area contributed by atoms with Gasteiger partial charge in [0, 0.05) is 0 Å². The summed E-state index contributed by atoms with van der Waals surface area (Å²) in [6.07, 6.45) is 1.33. The molecule has 0 spiro atoms. The van der Waals surface area contributed by atoms with Gasteiger partial charge in [0.05, 0.1) is 5.41 Å². The van der Waals surface area contributed by atoms with Gasteiger partial charge in [-0.05, 0) is 11.6 Å². The lowest BCUT2D eigenvalue weighted by Gasteiger charge is -1.89. The predicted molar refractivity (Wildman–Crippen MR) is 54.1 cm³/mol. The Hall–Kier alpha value is -1.46. The quantitative estimate of drug-likeness (QED) is 0.754. The van der Waals surface area contributed by atoms with Crippen molar-refractivity contribution in [3.8, 4) is 0 Å². The molecular formula is C9H10O4S. The smallest absolute Gasteiger partial charge is 0.287 e. The van der Waals surface area contributed by atoms with E-state index in [2.05, 4.69) is 0 Å². The van der Waals surface area contributed by atoms with Gasteiger partial charge < -0.3 is 4.79 Å². The van der Waals surface area contributed by atoms with Crippen LogP contribution in [0.4, 0.5) is 0 Å². The molecule has 0 saturated carbocycles. The van der Waals surface area contributed by atoms with Crippen molar-refractivity contribution in [2.45, 2.75) is 0 Å². The van der Waals surface area contributed by atoms with E-state index in [1.807, 2.05) is 12.9 Å². The summed E-state index contributed by atoms with van der Waals surface area (Å²) in [5.41, 5.74) is 0.732. The highest BCUT2D eigenvalue weighted by atomic mass is 32.2. The summed E-state index contributed by atoms with van der Waals surface area (Å²) in [7, 11) is -4.00. The molecule has 0 aromatic heterocycles. The van der Waals surface area contributed by atoms with Gasteiger partial charge in [-0.1, -0.05) is 30.3 Å². The molecule has 5 heteroatoms. The van der Waals surface area contributed by atoms with Crippen LogP contribution in [0.2, 0.25) is 0 Å². The highest BCUT2D eigenvalue weighted by Gasteiger charge is 1.94. The monoisotopic (exact) mass is 214 g/mol. The van der Waals surface area contributed by atoms with E-state index in [0.717, 1.165) is 11.0 Å². The molecule has 0 atom stereocenters. The SMILES string of the molecule is C=O.O=S(=O)(O)C=Cc1ccccc1. The number of carbonyl (C=O) groups excluding carboxylic acids is 1. The van der Waals surface area contributed by atoms with Crippen molar-refractivity contribution < 1.29 is 17.8 Å². The van der Waals surface area contributed by atoms with Crippen molar-refractivity contribution in [2.24, 2.45) is 0 Å². The molecule has 0 radical (unpaired) electrons. The Bertz CT molecular complexity index is 381. The molecule has 0 fully saturated rings. The Morgan fingerprint density at radius 2 is 1.64 bits per heavy atom. The molecular weight excluding hydrogens is 204 g/mol. The van der Waals surface area contributed by atoms with Crippen LogP contribution >= 0.6 is 0 Å². The summed E-state index contributed by atoms with van der Waals surface area (Å²) in [4.78, 5) is 8.00. The maximum Gasteiger partial charge on any atom is 0.287 e. The fourth-order valence-corrected chi connectivity index (χ4v) is 1.06. The second-order valence-electron chi connectivity index (χ2n) is 2.23. The average molecular weight is 214 g/mol. The molecule has 0 heterocycles. The lowest BCUT2D eigenvalue weighted by atomic mass is 10.2. The molecule has 4 nitrogen and oxygen atoms in total. The van der Waals surface area contributed by atoms with Crippen molar-refractivity contribution in [3.05, 3.63) is 41.3 Å². The van der Waals surface area contributed by atoms with E-state index in [9.17, 15) is 8.42 Å². The Morgan fingerprint density at radius 1 is 1.14 bits per heavy atom. The normalized spacial score (nSPS) is 10.6. The first-order valence-corrected chi connectivity index (χ1v) is 5.08. The van der Waals surface area contributed by atoms with E-state index in [1.54, 1.807) is 24.3 Å². The third-order valence-corrected chi connectivity index (χ3v) is 1.71. The van der Waals surface area contributed by atoms with E-state index in [1.165, 1.54) is 6.08 Å². The van der Waals surface area contributed by atoms with E-state index in [4.69, 9.17) is 9.35 Å². The Kier molecular flexibility index (Phi) is 5.43. The maximum atomic E-state index is 10.3. The van der Waals surface area contributed by atoms with Gasteiger partial charge in [-0.3, -0.25) is 4.55 Å². The summed E-state index contributed by atoms with van der Waals surface area (Å²) in [5.74, 6) is 0. The van der Waals surface area contributed by atoms with E-state index >= 15 is 0 Å². The summed E-state index contributed by atoms with van der Waals surface area (Å²) >= 11 is 0. The van der Waals surface area contributed by atoms with Crippen LogP contribution in [0.1, 0.15) is 5.56 Å². The fraction of sp³-hybridized carbons (Fsp3) is 0. The van der Waals surface area contributed by atoms with Crippen molar-refractivity contribution in [1.82, 2.24) is 0 Å². The van der Waals surface area contributed by atoms with Gasteiger partial charge in [-0.25, -0.2) is 0 Å². The van der Waals surface area contributed by atoms with Crippen LogP contribution in [0, 0.1) is 0 Å². The zero-order valence-corrected chi connectivity index (χ0v) is 8.15. The minimum Gasteiger partial charge on any atom is -0.307 e. The minimum atomic E-state index is -4.00. The number of rotatable bonds is 2. The highest BCUT2D eigenvalue weighted by molar-refractivity contribution is 7.88. The predicted octanol–water partition coefficient (Wildman–Crippen LogP) is 1.36. The molecule has 76 valence electrons. The van der Waals surface area contributed by atoms with Crippen LogP contribution < -0.4 is 0 Å². The first-order valence-electron chi connectivity index (χ1n) is 3.57. The minimum absolute atomic E-state index is 0.732. The summed E-state index contributed by atoms with van der Waals surface area (Å²) in [6.45, 7) is 2.00. The van der Waals surface area contributed by atoms with Gasteiger partial charge in [0.2, 0.25) is 0 Å². The molecule has 0 bridgehead atoms. The van der Waals surface area contributed by atoms with Crippen LogP contribution in [-0.4, -0.2) is 19.8 Å². The molecule has 0 aliphatic carbocycles.